The van der Waals surface area contributed by atoms with Crippen molar-refractivity contribution in [3.63, 3.8) is 0 Å². The fraction of sp³-hybridized carbons (Fsp3) is 0.333. The summed E-state index contributed by atoms with van der Waals surface area (Å²) in [4.78, 5) is 22.5. The van der Waals surface area contributed by atoms with Crippen molar-refractivity contribution in [2.45, 2.75) is 12.5 Å². The van der Waals surface area contributed by atoms with Crippen molar-refractivity contribution < 1.29 is 37.3 Å². The summed E-state index contributed by atoms with van der Waals surface area (Å²) >= 11 is 0. The number of hydrogen-bond donors (Lipinski definition) is 2. The number of para-hydroxylation sites is 1. The van der Waals surface area contributed by atoms with E-state index in [4.69, 9.17) is 5.11 Å². The Hall–Kier alpha value is -2.29. The lowest BCUT2D eigenvalue weighted by atomic mass is 10.2. The first kappa shape index (κ1) is 16.8. The summed E-state index contributed by atoms with van der Waals surface area (Å²) in [5.41, 5.74) is -0.366. The number of carbonyl (C=O) groups excluding carboxylic acids is 1. The highest BCUT2D eigenvalue weighted by Crippen LogP contribution is 2.26. The SMILES string of the molecule is COC(CNC(=O)c1ccccc1OC(F)(F)F)C(=O)O. The van der Waals surface area contributed by atoms with Crippen LogP contribution in [0.5, 0.6) is 5.75 Å². The molecule has 1 aromatic rings. The van der Waals surface area contributed by atoms with E-state index >= 15 is 0 Å². The van der Waals surface area contributed by atoms with Gasteiger partial charge in [-0.15, -0.1) is 13.2 Å². The zero-order valence-corrected chi connectivity index (χ0v) is 10.8. The average molecular weight is 307 g/mol. The second kappa shape index (κ2) is 6.93. The van der Waals surface area contributed by atoms with Crippen LogP contribution in [0.15, 0.2) is 24.3 Å². The first-order chi connectivity index (χ1) is 9.74. The van der Waals surface area contributed by atoms with Crippen LogP contribution >= 0.6 is 0 Å². The number of benzene rings is 1. The summed E-state index contributed by atoms with van der Waals surface area (Å²) in [6.45, 7) is -0.398. The molecule has 0 aliphatic heterocycles. The zero-order valence-electron chi connectivity index (χ0n) is 10.8. The summed E-state index contributed by atoms with van der Waals surface area (Å²) in [6, 6.07) is 4.72. The normalized spacial score (nSPS) is 12.6. The minimum atomic E-state index is -4.94. The topological polar surface area (TPSA) is 84.9 Å². The predicted octanol–water partition coefficient (Wildman–Crippen LogP) is 1.41. The van der Waals surface area contributed by atoms with Crippen molar-refractivity contribution in [1.82, 2.24) is 5.32 Å². The van der Waals surface area contributed by atoms with Gasteiger partial charge < -0.3 is 19.9 Å². The van der Waals surface area contributed by atoms with Crippen LogP contribution < -0.4 is 10.1 Å². The monoisotopic (exact) mass is 307 g/mol. The van der Waals surface area contributed by atoms with Crippen molar-refractivity contribution in [1.29, 1.82) is 0 Å². The van der Waals surface area contributed by atoms with Crippen LogP contribution in [0.4, 0.5) is 13.2 Å². The van der Waals surface area contributed by atoms with Crippen LogP contribution in [0.2, 0.25) is 0 Å². The van der Waals surface area contributed by atoms with Gasteiger partial charge in [0.05, 0.1) is 12.1 Å². The Morgan fingerprint density at radius 3 is 2.48 bits per heavy atom. The Morgan fingerprint density at radius 1 is 1.33 bits per heavy atom. The predicted molar refractivity (Wildman–Crippen MR) is 63.9 cm³/mol. The number of carbonyl (C=O) groups is 2. The maximum absolute atomic E-state index is 12.2. The van der Waals surface area contributed by atoms with Gasteiger partial charge in [0.15, 0.2) is 6.10 Å². The van der Waals surface area contributed by atoms with Crippen LogP contribution in [0, 0.1) is 0 Å². The molecule has 0 aliphatic carbocycles. The average Bonchev–Trinajstić information content (AvgIpc) is 2.37. The number of hydrogen-bond acceptors (Lipinski definition) is 4. The molecule has 0 aromatic heterocycles. The van der Waals surface area contributed by atoms with Crippen molar-refractivity contribution in [2.75, 3.05) is 13.7 Å². The van der Waals surface area contributed by atoms with E-state index in [1.54, 1.807) is 0 Å². The fourth-order valence-electron chi connectivity index (χ4n) is 1.42. The number of amides is 1. The molecule has 6 nitrogen and oxygen atoms in total. The van der Waals surface area contributed by atoms with E-state index in [9.17, 15) is 22.8 Å². The van der Waals surface area contributed by atoms with Crippen molar-refractivity contribution in [3.05, 3.63) is 29.8 Å². The molecule has 0 heterocycles. The lowest BCUT2D eigenvalue weighted by Crippen LogP contribution is -2.38. The Labute approximate surface area is 117 Å². The lowest BCUT2D eigenvalue weighted by molar-refractivity contribution is -0.274. The molecule has 1 aromatic carbocycles. The van der Waals surface area contributed by atoms with Gasteiger partial charge in [0.25, 0.3) is 5.91 Å². The molecule has 0 fully saturated rings. The van der Waals surface area contributed by atoms with Crippen LogP contribution in [0.1, 0.15) is 10.4 Å². The molecule has 1 atom stereocenters. The van der Waals surface area contributed by atoms with E-state index in [1.165, 1.54) is 12.1 Å². The molecule has 0 radical (unpaired) electrons. The molecule has 1 unspecified atom stereocenters. The van der Waals surface area contributed by atoms with Crippen LogP contribution in [0.25, 0.3) is 0 Å². The highest BCUT2D eigenvalue weighted by atomic mass is 19.4. The van der Waals surface area contributed by atoms with E-state index in [-0.39, 0.29) is 5.56 Å². The van der Waals surface area contributed by atoms with Gasteiger partial charge in [-0.3, -0.25) is 4.79 Å². The molecule has 0 spiro atoms. The number of carboxylic acid groups (broad SMARTS) is 1. The van der Waals surface area contributed by atoms with Gasteiger partial charge in [0.1, 0.15) is 5.75 Å². The maximum atomic E-state index is 12.2. The summed E-state index contributed by atoms with van der Waals surface area (Å²) in [6.07, 6.45) is -6.24. The number of aliphatic carboxylic acids is 1. The van der Waals surface area contributed by atoms with Gasteiger partial charge in [0.2, 0.25) is 0 Å². The van der Waals surface area contributed by atoms with Gasteiger partial charge in [-0.2, -0.15) is 0 Å². The minimum Gasteiger partial charge on any atom is -0.479 e. The highest BCUT2D eigenvalue weighted by Gasteiger charge is 2.33. The molecule has 1 rings (SSSR count). The van der Waals surface area contributed by atoms with E-state index in [2.05, 4.69) is 14.8 Å². The van der Waals surface area contributed by atoms with Gasteiger partial charge in [-0.25, -0.2) is 4.79 Å². The van der Waals surface area contributed by atoms with E-state index in [0.29, 0.717) is 0 Å². The lowest BCUT2D eigenvalue weighted by Gasteiger charge is -2.14. The summed E-state index contributed by atoms with van der Waals surface area (Å²) in [7, 11) is 1.13. The molecule has 2 N–H and O–H groups in total. The molecule has 21 heavy (non-hydrogen) atoms. The van der Waals surface area contributed by atoms with Crippen LogP contribution in [-0.4, -0.2) is 43.1 Å². The maximum Gasteiger partial charge on any atom is 0.573 e. The molecular weight excluding hydrogens is 295 g/mol. The first-order valence-corrected chi connectivity index (χ1v) is 5.63. The van der Waals surface area contributed by atoms with E-state index < -0.39 is 36.6 Å². The van der Waals surface area contributed by atoms with Gasteiger partial charge >= 0.3 is 12.3 Å². The molecular formula is C12H12F3NO5. The first-order valence-electron chi connectivity index (χ1n) is 5.63. The summed E-state index contributed by atoms with van der Waals surface area (Å²) < 4.78 is 44.9. The fourth-order valence-corrected chi connectivity index (χ4v) is 1.42. The standard InChI is InChI=1S/C12H12F3NO5/c1-20-9(11(18)19)6-16-10(17)7-4-2-3-5-8(7)21-12(13,14)15/h2-5,9H,6H2,1H3,(H,16,17)(H,18,19). The van der Waals surface area contributed by atoms with Crippen molar-refractivity contribution in [2.24, 2.45) is 0 Å². The minimum absolute atomic E-state index is 0.366. The molecule has 0 saturated heterocycles. The number of nitrogens with one attached hydrogen (secondary N) is 1. The van der Waals surface area contributed by atoms with Gasteiger partial charge in [-0.05, 0) is 12.1 Å². The summed E-state index contributed by atoms with van der Waals surface area (Å²) in [5.74, 6) is -2.89. The quantitative estimate of drug-likeness (QED) is 0.830. The number of ether oxygens (including phenoxy) is 2. The molecule has 116 valence electrons. The second-order valence-corrected chi connectivity index (χ2v) is 3.82. The molecule has 0 bridgehead atoms. The van der Waals surface area contributed by atoms with Crippen LogP contribution in [-0.2, 0) is 9.53 Å². The number of rotatable bonds is 6. The largest absolute Gasteiger partial charge is 0.573 e. The van der Waals surface area contributed by atoms with Crippen LogP contribution in [0.3, 0.4) is 0 Å². The smallest absolute Gasteiger partial charge is 0.479 e. The third-order valence-corrected chi connectivity index (χ3v) is 2.37. The number of halogens is 3. The summed E-state index contributed by atoms with van der Waals surface area (Å²) in [5, 5.41) is 10.9. The zero-order chi connectivity index (χ0) is 16.0. The Bertz CT molecular complexity index is 518. The third-order valence-electron chi connectivity index (χ3n) is 2.37. The highest BCUT2D eigenvalue weighted by molar-refractivity contribution is 5.97. The van der Waals surface area contributed by atoms with E-state index in [1.807, 2.05) is 0 Å². The van der Waals surface area contributed by atoms with Crippen molar-refractivity contribution >= 4 is 11.9 Å². The Kier molecular flexibility index (Phi) is 5.53. The molecule has 0 saturated carbocycles. The van der Waals surface area contributed by atoms with Crippen molar-refractivity contribution in [3.8, 4) is 5.75 Å². The van der Waals surface area contributed by atoms with Gasteiger partial charge in [0, 0.05) is 7.11 Å². The molecule has 1 amide bonds. The molecule has 9 heteroatoms. The second-order valence-electron chi connectivity index (χ2n) is 3.82. The number of alkyl halides is 3. The molecule has 0 aliphatic rings. The number of carboxylic acids is 1. The number of methoxy groups -OCH3 is 1. The third kappa shape index (κ3) is 5.30. The van der Waals surface area contributed by atoms with E-state index in [0.717, 1.165) is 19.2 Å². The Balaban J connectivity index is 2.81. The Morgan fingerprint density at radius 2 is 1.95 bits per heavy atom. The van der Waals surface area contributed by atoms with Gasteiger partial charge in [-0.1, -0.05) is 12.1 Å².